The number of ether oxygens (including phenoxy) is 1. The van der Waals surface area contributed by atoms with Crippen LogP contribution < -0.4 is 4.74 Å². The van der Waals surface area contributed by atoms with Gasteiger partial charge in [0, 0.05) is 37.3 Å². The van der Waals surface area contributed by atoms with Crippen LogP contribution in [-0.4, -0.2) is 54.5 Å². The molecule has 9 nitrogen and oxygen atoms in total. The van der Waals surface area contributed by atoms with E-state index < -0.39 is 16.9 Å². The van der Waals surface area contributed by atoms with Crippen molar-refractivity contribution in [3.8, 4) is 17.0 Å². The first-order chi connectivity index (χ1) is 16.4. The van der Waals surface area contributed by atoms with Crippen molar-refractivity contribution in [2.75, 3.05) is 13.1 Å². The molecule has 0 radical (unpaired) electrons. The van der Waals surface area contributed by atoms with Gasteiger partial charge in [-0.05, 0) is 64.3 Å². The van der Waals surface area contributed by atoms with E-state index in [2.05, 4.69) is 14.7 Å². The Labute approximate surface area is 202 Å². The molecule has 2 aromatic heterocycles. The van der Waals surface area contributed by atoms with Gasteiger partial charge in [-0.15, -0.1) is 13.2 Å². The fourth-order valence-corrected chi connectivity index (χ4v) is 4.27. The maximum absolute atomic E-state index is 12.4. The first-order valence-corrected chi connectivity index (χ1v) is 10.9. The SMILES string of the molecule is CC(O)(CN1CCc2nc(-c3ccc(OC(F)(F)F)cc3)ccc2C1)Cn1cc([N+](=O)[O-])nc1Cl. The molecule has 1 atom stereocenters. The van der Waals surface area contributed by atoms with E-state index in [0.717, 1.165) is 11.3 Å². The topological polar surface area (TPSA) is 107 Å². The van der Waals surface area contributed by atoms with Crippen LogP contribution in [0, 0.1) is 10.1 Å². The molecule has 4 rings (SSSR count). The normalized spacial score (nSPS) is 15.9. The number of halogens is 4. The van der Waals surface area contributed by atoms with Crippen molar-refractivity contribution in [2.24, 2.45) is 0 Å². The molecule has 1 aliphatic heterocycles. The third-order valence-corrected chi connectivity index (χ3v) is 5.79. The number of nitrogens with zero attached hydrogens (tertiary/aromatic N) is 5. The Morgan fingerprint density at radius 2 is 1.89 bits per heavy atom. The number of imidazole rings is 1. The van der Waals surface area contributed by atoms with Crippen LogP contribution in [0.5, 0.6) is 5.75 Å². The quantitative estimate of drug-likeness (QED) is 0.374. The Kier molecular flexibility index (Phi) is 6.71. The van der Waals surface area contributed by atoms with Gasteiger partial charge in [-0.2, -0.15) is 0 Å². The van der Waals surface area contributed by atoms with Gasteiger partial charge in [0.25, 0.3) is 0 Å². The number of hydrogen-bond donors (Lipinski definition) is 1. The molecule has 0 bridgehead atoms. The van der Waals surface area contributed by atoms with Gasteiger partial charge in [0.05, 0.1) is 17.8 Å². The third kappa shape index (κ3) is 6.27. The summed E-state index contributed by atoms with van der Waals surface area (Å²) in [5.41, 5.74) is 1.92. The number of alkyl halides is 3. The Morgan fingerprint density at radius 3 is 2.51 bits per heavy atom. The number of β-amino-alcohol motifs (C(OH)–C–C–N with tert-alkyl or cyclic N) is 1. The average Bonchev–Trinajstić information content (AvgIpc) is 3.12. The summed E-state index contributed by atoms with van der Waals surface area (Å²) in [7, 11) is 0. The van der Waals surface area contributed by atoms with Gasteiger partial charge in [0.2, 0.25) is 0 Å². The molecule has 0 aliphatic carbocycles. The first-order valence-electron chi connectivity index (χ1n) is 10.6. The van der Waals surface area contributed by atoms with Crippen LogP contribution >= 0.6 is 11.6 Å². The Morgan fingerprint density at radius 1 is 1.17 bits per heavy atom. The molecule has 0 amide bonds. The van der Waals surface area contributed by atoms with Crippen molar-refractivity contribution >= 4 is 17.4 Å². The molecule has 1 N–H and O–H groups in total. The number of hydrogen-bond acceptors (Lipinski definition) is 7. The molecule has 0 saturated heterocycles. The summed E-state index contributed by atoms with van der Waals surface area (Å²) in [5, 5.41) is 21.7. The zero-order valence-corrected chi connectivity index (χ0v) is 19.3. The van der Waals surface area contributed by atoms with Gasteiger partial charge in [-0.25, -0.2) is 0 Å². The van der Waals surface area contributed by atoms with Crippen molar-refractivity contribution in [1.29, 1.82) is 0 Å². The number of nitro groups is 1. The lowest BCUT2D eigenvalue weighted by Crippen LogP contribution is -2.45. The van der Waals surface area contributed by atoms with Crippen LogP contribution in [0.4, 0.5) is 19.0 Å². The third-order valence-electron chi connectivity index (χ3n) is 5.49. The zero-order chi connectivity index (χ0) is 25.4. The van der Waals surface area contributed by atoms with Crippen molar-refractivity contribution in [1.82, 2.24) is 19.4 Å². The summed E-state index contributed by atoms with van der Waals surface area (Å²) in [4.78, 5) is 20.6. The number of aliphatic hydroxyl groups is 1. The van der Waals surface area contributed by atoms with Crippen LogP contribution in [0.2, 0.25) is 5.28 Å². The smallest absolute Gasteiger partial charge is 0.406 e. The van der Waals surface area contributed by atoms with Crippen LogP contribution in [0.25, 0.3) is 11.3 Å². The molecule has 0 fully saturated rings. The fraction of sp³-hybridized carbons (Fsp3) is 0.364. The maximum Gasteiger partial charge on any atom is 0.573 e. The highest BCUT2D eigenvalue weighted by Crippen LogP contribution is 2.28. The van der Waals surface area contributed by atoms with Crippen molar-refractivity contribution in [3.63, 3.8) is 0 Å². The van der Waals surface area contributed by atoms with Gasteiger partial charge in [-0.3, -0.25) is 14.5 Å². The Hall–Kier alpha value is -3.22. The molecule has 0 saturated carbocycles. The highest BCUT2D eigenvalue weighted by atomic mass is 35.5. The maximum atomic E-state index is 12.4. The largest absolute Gasteiger partial charge is 0.573 e. The van der Waals surface area contributed by atoms with E-state index >= 15 is 0 Å². The van der Waals surface area contributed by atoms with Gasteiger partial charge >= 0.3 is 17.5 Å². The van der Waals surface area contributed by atoms with Gasteiger partial charge in [-0.1, -0.05) is 6.07 Å². The number of fused-ring (bicyclic) bond motifs is 1. The average molecular weight is 512 g/mol. The standard InChI is InChI=1S/C22H21ClF3N5O4/c1-21(32,13-30-11-19(31(33)34)28-20(30)23)12-29-9-8-18-15(10-29)4-7-17(27-18)14-2-5-16(6-3-14)35-22(24,25)26/h2-7,11,32H,8-10,12-13H2,1H3. The number of benzene rings is 1. The van der Waals surface area contributed by atoms with Crippen LogP contribution in [0.1, 0.15) is 18.2 Å². The fourth-order valence-electron chi connectivity index (χ4n) is 4.08. The molecule has 1 aromatic carbocycles. The van der Waals surface area contributed by atoms with E-state index in [1.807, 2.05) is 11.0 Å². The molecule has 186 valence electrons. The van der Waals surface area contributed by atoms with Crippen molar-refractivity contribution < 1.29 is 27.9 Å². The van der Waals surface area contributed by atoms with E-state index in [4.69, 9.17) is 11.6 Å². The molecule has 1 unspecified atom stereocenters. The van der Waals surface area contributed by atoms with Gasteiger partial charge in [0.15, 0.2) is 0 Å². The lowest BCUT2D eigenvalue weighted by molar-refractivity contribution is -0.389. The van der Waals surface area contributed by atoms with E-state index in [1.54, 1.807) is 13.0 Å². The van der Waals surface area contributed by atoms with Crippen molar-refractivity contribution in [2.45, 2.75) is 38.4 Å². The Balaban J connectivity index is 1.41. The second kappa shape index (κ2) is 9.44. The first kappa shape index (κ1) is 24.9. The Bertz CT molecular complexity index is 1230. The highest BCUT2D eigenvalue weighted by molar-refractivity contribution is 6.28. The van der Waals surface area contributed by atoms with Crippen molar-refractivity contribution in [3.05, 3.63) is 69.3 Å². The summed E-state index contributed by atoms with van der Waals surface area (Å²) in [5.74, 6) is -0.685. The molecule has 3 aromatic rings. The summed E-state index contributed by atoms with van der Waals surface area (Å²) >= 11 is 5.96. The summed E-state index contributed by atoms with van der Waals surface area (Å²) in [6.07, 6.45) is -2.94. The number of rotatable bonds is 7. The minimum Gasteiger partial charge on any atom is -0.406 e. The molecular formula is C22H21ClF3N5O4. The van der Waals surface area contributed by atoms with Crippen LogP contribution in [0.15, 0.2) is 42.6 Å². The molecule has 13 heteroatoms. The van der Waals surface area contributed by atoms with E-state index in [-0.39, 0.29) is 29.9 Å². The van der Waals surface area contributed by atoms with E-state index in [1.165, 1.54) is 35.0 Å². The second-order valence-electron chi connectivity index (χ2n) is 8.59. The monoisotopic (exact) mass is 511 g/mol. The molecule has 1 aliphatic rings. The lowest BCUT2D eigenvalue weighted by Gasteiger charge is -2.34. The number of aromatic nitrogens is 3. The summed E-state index contributed by atoms with van der Waals surface area (Å²) in [6.45, 7) is 3.10. The lowest BCUT2D eigenvalue weighted by atomic mass is 10.00. The highest BCUT2D eigenvalue weighted by Gasteiger charge is 2.31. The minimum absolute atomic E-state index is 0.0290. The van der Waals surface area contributed by atoms with Crippen LogP contribution in [0.3, 0.4) is 0 Å². The molecule has 35 heavy (non-hydrogen) atoms. The second-order valence-corrected chi connectivity index (χ2v) is 8.92. The summed E-state index contributed by atoms with van der Waals surface area (Å²) in [6, 6.07) is 9.24. The predicted molar refractivity (Wildman–Crippen MR) is 120 cm³/mol. The van der Waals surface area contributed by atoms with E-state index in [9.17, 15) is 28.4 Å². The number of pyridine rings is 1. The zero-order valence-electron chi connectivity index (χ0n) is 18.5. The summed E-state index contributed by atoms with van der Waals surface area (Å²) < 4.78 is 42.3. The van der Waals surface area contributed by atoms with Gasteiger partial charge < -0.3 is 20.0 Å². The predicted octanol–water partition coefficient (Wildman–Crippen LogP) is 4.21. The molecule has 0 spiro atoms. The minimum atomic E-state index is -4.74. The molecule has 3 heterocycles. The van der Waals surface area contributed by atoms with E-state index in [0.29, 0.717) is 30.8 Å². The van der Waals surface area contributed by atoms with Gasteiger partial charge in [0.1, 0.15) is 11.9 Å². The van der Waals surface area contributed by atoms with Crippen LogP contribution in [-0.2, 0) is 19.5 Å². The molecular weight excluding hydrogens is 491 g/mol.